The van der Waals surface area contributed by atoms with Crippen molar-refractivity contribution >= 4 is 26.8 Å². The number of carbonyl (C=O) groups is 1. The second-order valence-corrected chi connectivity index (χ2v) is 15.7. The van der Waals surface area contributed by atoms with Crippen LogP contribution in [0.15, 0.2) is 93.5 Å². The molecule has 0 heterocycles. The van der Waals surface area contributed by atoms with Gasteiger partial charge in [-0.15, -0.1) is 0 Å². The molecule has 5 rings (SSSR count). The van der Waals surface area contributed by atoms with Crippen LogP contribution in [-0.4, -0.2) is 36.7 Å². The number of ether oxygens (including phenoxy) is 2. The Kier molecular flexibility index (Phi) is 9.80. The quantitative estimate of drug-likeness (QED) is 0.187. The molecule has 0 N–H and O–H groups in total. The lowest BCUT2D eigenvalue weighted by Crippen LogP contribution is -2.42. The summed E-state index contributed by atoms with van der Waals surface area (Å²) >= 11 is 0. The topological polar surface area (TPSA) is 92.7 Å². The predicted octanol–water partition coefficient (Wildman–Crippen LogP) is 7.28. The van der Waals surface area contributed by atoms with Gasteiger partial charge < -0.3 is 14.0 Å². The van der Waals surface area contributed by atoms with Gasteiger partial charge in [0.2, 0.25) is 0 Å². The molecule has 0 spiro atoms. The lowest BCUT2D eigenvalue weighted by Gasteiger charge is -2.37. The van der Waals surface area contributed by atoms with E-state index < -0.39 is 21.3 Å². The summed E-state index contributed by atoms with van der Waals surface area (Å²) in [4.78, 5) is 15.7. The summed E-state index contributed by atoms with van der Waals surface area (Å²) in [7, 11) is -4.49. The van der Waals surface area contributed by atoms with E-state index in [1.165, 1.54) is 14.7 Å². The molecule has 2 bridgehead atoms. The Morgan fingerprint density at radius 1 is 0.810 bits per heavy atom. The molecule has 6 nitrogen and oxygen atoms in total. The van der Waals surface area contributed by atoms with Crippen LogP contribution in [0.1, 0.15) is 60.8 Å². The van der Waals surface area contributed by atoms with Crippen molar-refractivity contribution in [2.24, 2.45) is 16.7 Å². The van der Waals surface area contributed by atoms with Gasteiger partial charge in [0.05, 0.1) is 39.0 Å². The molecule has 226 valence electrons. The van der Waals surface area contributed by atoms with Gasteiger partial charge in [-0.05, 0) is 113 Å². The van der Waals surface area contributed by atoms with Crippen molar-refractivity contribution in [2.45, 2.75) is 87.7 Å². The van der Waals surface area contributed by atoms with Crippen molar-refractivity contribution in [1.82, 2.24) is 0 Å². The van der Waals surface area contributed by atoms with Crippen LogP contribution in [0, 0.1) is 16.7 Å². The zero-order valence-corrected chi connectivity index (χ0v) is 27.0. The maximum absolute atomic E-state index is 11.8. The summed E-state index contributed by atoms with van der Waals surface area (Å²) in [6.45, 7) is 12.0. The van der Waals surface area contributed by atoms with Gasteiger partial charge in [0, 0.05) is 11.8 Å². The van der Waals surface area contributed by atoms with Gasteiger partial charge >= 0.3 is 0 Å². The molecule has 2 saturated carbocycles. The van der Waals surface area contributed by atoms with Crippen molar-refractivity contribution in [1.29, 1.82) is 0 Å². The lowest BCUT2D eigenvalue weighted by molar-refractivity contribution is -0.128. The SMILES string of the molecule is CC(C)Oc1ccc([S+](c2ccccc2)c2ccc(OC(C)C)cc2)cc1.CC1(C)C2CCC1(CS(=O)(=O)[O-])C(=O)C2. The van der Waals surface area contributed by atoms with Crippen molar-refractivity contribution in [2.75, 3.05) is 5.75 Å². The molecule has 0 radical (unpaired) electrons. The summed E-state index contributed by atoms with van der Waals surface area (Å²) in [5.74, 6) is 1.54. The molecule has 3 aromatic rings. The zero-order valence-electron chi connectivity index (χ0n) is 25.3. The first-order valence-electron chi connectivity index (χ1n) is 14.5. The van der Waals surface area contributed by atoms with E-state index in [4.69, 9.17) is 9.47 Å². The number of ketones is 1. The van der Waals surface area contributed by atoms with Gasteiger partial charge in [-0.25, -0.2) is 8.42 Å². The fourth-order valence-corrected chi connectivity index (χ4v) is 9.57. The van der Waals surface area contributed by atoms with Crippen LogP contribution in [0.3, 0.4) is 0 Å². The summed E-state index contributed by atoms with van der Waals surface area (Å²) < 4.78 is 44.3. The Morgan fingerprint density at radius 3 is 1.62 bits per heavy atom. The summed E-state index contributed by atoms with van der Waals surface area (Å²) in [5.41, 5.74) is -1.22. The summed E-state index contributed by atoms with van der Waals surface area (Å²) in [5, 5.41) is 0. The van der Waals surface area contributed by atoms with Crippen molar-refractivity contribution in [3.8, 4) is 11.5 Å². The Bertz CT molecular complexity index is 1390. The van der Waals surface area contributed by atoms with E-state index in [-0.39, 0.29) is 40.2 Å². The molecule has 2 aliphatic carbocycles. The third-order valence-electron chi connectivity index (χ3n) is 8.40. The van der Waals surface area contributed by atoms with Gasteiger partial charge in [-0.2, -0.15) is 0 Å². The Hall–Kier alpha value is -2.81. The van der Waals surface area contributed by atoms with Gasteiger partial charge in [0.25, 0.3) is 0 Å². The molecule has 2 atom stereocenters. The first kappa shape index (κ1) is 32.1. The Balaban J connectivity index is 0.000000227. The molecule has 0 aromatic heterocycles. The van der Waals surface area contributed by atoms with E-state index in [1.807, 2.05) is 41.5 Å². The molecular formula is C34H42O6S2. The Morgan fingerprint density at radius 2 is 1.26 bits per heavy atom. The molecular weight excluding hydrogens is 569 g/mol. The lowest BCUT2D eigenvalue weighted by atomic mass is 9.70. The highest BCUT2D eigenvalue weighted by Gasteiger charge is 2.64. The molecule has 3 aromatic carbocycles. The number of hydrogen-bond acceptors (Lipinski definition) is 6. The van der Waals surface area contributed by atoms with E-state index in [9.17, 15) is 17.8 Å². The number of hydrogen-bond donors (Lipinski definition) is 0. The highest BCUT2D eigenvalue weighted by Crippen LogP contribution is 2.64. The zero-order chi connectivity index (χ0) is 30.7. The maximum Gasteiger partial charge on any atom is 0.166 e. The molecule has 0 amide bonds. The number of carbonyl (C=O) groups excluding carboxylic acids is 1. The van der Waals surface area contributed by atoms with Crippen LogP contribution in [0.25, 0.3) is 0 Å². The monoisotopic (exact) mass is 610 g/mol. The third kappa shape index (κ3) is 7.21. The van der Waals surface area contributed by atoms with Crippen molar-refractivity contribution < 1.29 is 27.2 Å². The smallest absolute Gasteiger partial charge is 0.166 e. The normalized spacial score (nSPS) is 21.0. The number of fused-ring (bicyclic) bond motifs is 2. The Labute approximate surface area is 253 Å². The van der Waals surface area contributed by atoms with Crippen LogP contribution in [0.4, 0.5) is 0 Å². The van der Waals surface area contributed by atoms with E-state index in [0.29, 0.717) is 12.8 Å². The minimum absolute atomic E-state index is 0.0248. The first-order valence-corrected chi connectivity index (χ1v) is 17.3. The van der Waals surface area contributed by atoms with Crippen LogP contribution in [0.5, 0.6) is 11.5 Å². The fraction of sp³-hybridized carbons (Fsp3) is 0.441. The average molecular weight is 611 g/mol. The van der Waals surface area contributed by atoms with Crippen molar-refractivity contribution in [3.05, 3.63) is 78.9 Å². The number of Topliss-reactive ketones (excluding diaryl/α,β-unsaturated/α-hetero) is 1. The number of rotatable bonds is 9. The number of benzene rings is 3. The van der Waals surface area contributed by atoms with Crippen LogP contribution in [0.2, 0.25) is 0 Å². The average Bonchev–Trinajstić information content (AvgIpc) is 3.25. The molecule has 8 heteroatoms. The summed E-state index contributed by atoms with van der Waals surface area (Å²) in [6, 6.07) is 27.6. The van der Waals surface area contributed by atoms with Gasteiger partial charge in [-0.1, -0.05) is 32.0 Å². The van der Waals surface area contributed by atoms with E-state index in [0.717, 1.165) is 17.9 Å². The summed E-state index contributed by atoms with van der Waals surface area (Å²) in [6.07, 6.45) is 2.23. The predicted molar refractivity (Wildman–Crippen MR) is 166 cm³/mol. The van der Waals surface area contributed by atoms with Crippen LogP contribution in [-0.2, 0) is 25.8 Å². The van der Waals surface area contributed by atoms with Gasteiger partial charge in [0.15, 0.2) is 14.7 Å². The second kappa shape index (κ2) is 12.8. The van der Waals surface area contributed by atoms with E-state index in [2.05, 4.69) is 78.9 Å². The van der Waals surface area contributed by atoms with Gasteiger partial charge in [-0.3, -0.25) is 4.79 Å². The molecule has 42 heavy (non-hydrogen) atoms. The molecule has 2 unspecified atom stereocenters. The van der Waals surface area contributed by atoms with Gasteiger partial charge in [0.1, 0.15) is 17.3 Å². The van der Waals surface area contributed by atoms with E-state index in [1.54, 1.807) is 0 Å². The molecule has 0 aliphatic heterocycles. The molecule has 2 aliphatic rings. The highest BCUT2D eigenvalue weighted by atomic mass is 32.2. The highest BCUT2D eigenvalue weighted by molar-refractivity contribution is 7.97. The minimum Gasteiger partial charge on any atom is -0.748 e. The molecule has 2 fully saturated rings. The maximum atomic E-state index is 11.8. The largest absolute Gasteiger partial charge is 0.748 e. The van der Waals surface area contributed by atoms with Crippen LogP contribution >= 0.6 is 0 Å². The van der Waals surface area contributed by atoms with Crippen molar-refractivity contribution in [3.63, 3.8) is 0 Å². The third-order valence-corrected chi connectivity index (χ3v) is 11.5. The molecule has 0 saturated heterocycles. The first-order chi connectivity index (χ1) is 19.7. The standard InChI is InChI=1S/C24H27O2S.C10H16O4S/c1-18(2)25-20-10-14-23(15-11-20)27(22-8-6-5-7-9-22)24-16-12-21(13-17-24)26-19(3)4;1-9(2)7-3-4-10(9,8(11)5-7)6-15(12,13)14/h5-19H,1-4H3;7H,3-6H2,1-2H3,(H,12,13,14)/q+1;/p-1. The van der Waals surface area contributed by atoms with Crippen LogP contribution < -0.4 is 9.47 Å². The minimum atomic E-state index is -4.33. The second-order valence-electron chi connectivity index (χ2n) is 12.3. The fourth-order valence-electron chi connectivity index (χ4n) is 6.23. The van der Waals surface area contributed by atoms with E-state index >= 15 is 0 Å².